The molecule has 1 atom stereocenters. The van der Waals surface area contributed by atoms with E-state index in [9.17, 15) is 9.59 Å². The fraction of sp³-hybridized carbons (Fsp3) is 0.150. The van der Waals surface area contributed by atoms with Crippen molar-refractivity contribution in [3.05, 3.63) is 57.4 Å². The standard InChI is InChI=1S/C20H17BrN2O5S/c1-11(19(25)26)28-17-12(4-3-5-15(17)27-2)10-16-18(24)23-20(29-16)22-14-8-6-13(21)7-9-14/h3-11H,1-2H3,(H,25,26)(H,22,23,24)/b16-10-/t11-/m0/s1. The number of hydrogen-bond acceptors (Lipinski definition) is 6. The van der Waals surface area contributed by atoms with Crippen molar-refractivity contribution < 1.29 is 24.2 Å². The number of aliphatic carboxylic acids is 1. The molecule has 2 aromatic carbocycles. The van der Waals surface area contributed by atoms with E-state index in [0.717, 1.165) is 4.47 Å². The number of para-hydroxylation sites is 1. The van der Waals surface area contributed by atoms with Gasteiger partial charge in [-0.25, -0.2) is 9.79 Å². The second-order valence-corrected chi connectivity index (χ2v) is 7.88. The van der Waals surface area contributed by atoms with Gasteiger partial charge in [0, 0.05) is 10.0 Å². The molecule has 0 unspecified atom stereocenters. The van der Waals surface area contributed by atoms with Crippen molar-refractivity contribution in [2.24, 2.45) is 4.99 Å². The number of aliphatic imine (C=N–C) groups is 1. The first kappa shape index (κ1) is 20.9. The van der Waals surface area contributed by atoms with Crippen LogP contribution in [0.25, 0.3) is 6.08 Å². The van der Waals surface area contributed by atoms with Gasteiger partial charge in [-0.05, 0) is 55.1 Å². The van der Waals surface area contributed by atoms with Gasteiger partial charge in [0.1, 0.15) is 0 Å². The monoisotopic (exact) mass is 476 g/mol. The molecular formula is C20H17BrN2O5S. The number of hydrogen-bond donors (Lipinski definition) is 2. The molecule has 0 spiro atoms. The maximum atomic E-state index is 12.4. The quantitative estimate of drug-likeness (QED) is 0.606. The molecule has 7 nitrogen and oxygen atoms in total. The minimum absolute atomic E-state index is 0.254. The number of carbonyl (C=O) groups excluding carboxylic acids is 1. The number of thioether (sulfide) groups is 1. The zero-order chi connectivity index (χ0) is 21.0. The molecule has 29 heavy (non-hydrogen) atoms. The van der Waals surface area contributed by atoms with Crippen LogP contribution in [-0.4, -0.2) is 35.4 Å². The summed E-state index contributed by atoms with van der Waals surface area (Å²) in [6.45, 7) is 1.42. The molecule has 0 radical (unpaired) electrons. The Hall–Kier alpha value is -2.78. The maximum absolute atomic E-state index is 12.4. The molecule has 1 heterocycles. The van der Waals surface area contributed by atoms with Gasteiger partial charge in [0.2, 0.25) is 0 Å². The van der Waals surface area contributed by atoms with Crippen LogP contribution >= 0.6 is 27.7 Å². The number of halogens is 1. The largest absolute Gasteiger partial charge is 0.493 e. The Morgan fingerprint density at radius 2 is 2.00 bits per heavy atom. The molecule has 0 bridgehead atoms. The Morgan fingerprint density at radius 1 is 1.28 bits per heavy atom. The average molecular weight is 477 g/mol. The van der Waals surface area contributed by atoms with Crippen molar-refractivity contribution >= 4 is 56.5 Å². The Morgan fingerprint density at radius 3 is 2.66 bits per heavy atom. The van der Waals surface area contributed by atoms with Crippen molar-refractivity contribution in [3.8, 4) is 11.5 Å². The molecule has 150 valence electrons. The summed E-state index contributed by atoms with van der Waals surface area (Å²) in [5, 5.41) is 12.3. The van der Waals surface area contributed by atoms with E-state index >= 15 is 0 Å². The predicted molar refractivity (Wildman–Crippen MR) is 116 cm³/mol. The van der Waals surface area contributed by atoms with Gasteiger partial charge in [-0.2, -0.15) is 0 Å². The minimum Gasteiger partial charge on any atom is -0.493 e. The fourth-order valence-corrected chi connectivity index (χ4v) is 3.51. The lowest BCUT2D eigenvalue weighted by atomic mass is 10.1. The summed E-state index contributed by atoms with van der Waals surface area (Å²) in [7, 11) is 1.46. The highest BCUT2D eigenvalue weighted by Crippen LogP contribution is 2.36. The molecule has 2 aromatic rings. The van der Waals surface area contributed by atoms with Gasteiger partial charge in [0.25, 0.3) is 5.91 Å². The SMILES string of the molecule is COc1cccc(/C=C2\SC(=Nc3ccc(Br)cc3)NC2=O)c1O[C@@H](C)C(=O)O. The maximum Gasteiger partial charge on any atom is 0.344 e. The van der Waals surface area contributed by atoms with Crippen LogP contribution in [0.3, 0.4) is 0 Å². The summed E-state index contributed by atoms with van der Waals surface area (Å²) < 4.78 is 11.8. The second-order valence-electron chi connectivity index (χ2n) is 5.94. The van der Waals surface area contributed by atoms with E-state index in [2.05, 4.69) is 26.2 Å². The molecule has 1 amide bonds. The highest BCUT2D eigenvalue weighted by atomic mass is 79.9. The van der Waals surface area contributed by atoms with Crippen LogP contribution in [0.1, 0.15) is 12.5 Å². The molecule has 1 aliphatic heterocycles. The van der Waals surface area contributed by atoms with Gasteiger partial charge in [0.15, 0.2) is 22.8 Å². The average Bonchev–Trinajstić information content (AvgIpc) is 3.03. The number of benzene rings is 2. The molecular weight excluding hydrogens is 460 g/mol. The Balaban J connectivity index is 1.90. The number of carbonyl (C=O) groups is 2. The van der Waals surface area contributed by atoms with Crippen LogP contribution in [0.4, 0.5) is 5.69 Å². The van der Waals surface area contributed by atoms with Crippen molar-refractivity contribution in [1.82, 2.24) is 5.32 Å². The van der Waals surface area contributed by atoms with Gasteiger partial charge in [0.05, 0.1) is 17.7 Å². The molecule has 0 aromatic heterocycles. The van der Waals surface area contributed by atoms with Crippen molar-refractivity contribution in [3.63, 3.8) is 0 Å². The van der Waals surface area contributed by atoms with Gasteiger partial charge >= 0.3 is 5.97 Å². The first-order chi connectivity index (χ1) is 13.9. The summed E-state index contributed by atoms with van der Waals surface area (Å²) in [6, 6.07) is 12.5. The zero-order valence-corrected chi connectivity index (χ0v) is 17.9. The number of methoxy groups -OCH3 is 1. The van der Waals surface area contributed by atoms with Crippen LogP contribution in [0, 0.1) is 0 Å². The van der Waals surface area contributed by atoms with Crippen LogP contribution in [0.5, 0.6) is 11.5 Å². The van der Waals surface area contributed by atoms with Gasteiger partial charge in [-0.15, -0.1) is 0 Å². The number of nitrogens with one attached hydrogen (secondary N) is 1. The number of ether oxygens (including phenoxy) is 2. The third kappa shape index (κ3) is 5.18. The Bertz CT molecular complexity index is 1000. The predicted octanol–water partition coefficient (Wildman–Crippen LogP) is 4.20. The summed E-state index contributed by atoms with van der Waals surface area (Å²) >= 11 is 4.55. The van der Waals surface area contributed by atoms with Crippen LogP contribution in [0.15, 0.2) is 56.8 Å². The normalized spacial score (nSPS) is 17.3. The van der Waals surface area contributed by atoms with E-state index in [0.29, 0.717) is 27.1 Å². The molecule has 1 saturated heterocycles. The molecule has 0 saturated carbocycles. The number of amidine groups is 1. The lowest BCUT2D eigenvalue weighted by molar-refractivity contribution is -0.144. The van der Waals surface area contributed by atoms with Crippen molar-refractivity contribution in [2.75, 3.05) is 7.11 Å². The smallest absolute Gasteiger partial charge is 0.344 e. The minimum atomic E-state index is -1.11. The number of nitrogens with zero attached hydrogens (tertiary/aromatic N) is 1. The molecule has 2 N–H and O–H groups in total. The number of carboxylic acid groups (broad SMARTS) is 1. The number of amides is 1. The summed E-state index contributed by atoms with van der Waals surface area (Å²) in [4.78, 5) is 28.4. The van der Waals surface area contributed by atoms with E-state index < -0.39 is 12.1 Å². The summed E-state index contributed by atoms with van der Waals surface area (Å²) in [5.74, 6) is -0.777. The van der Waals surface area contributed by atoms with Crippen LogP contribution in [-0.2, 0) is 9.59 Å². The molecule has 1 fully saturated rings. The summed E-state index contributed by atoms with van der Waals surface area (Å²) in [6.07, 6.45) is 0.541. The Labute approximate surface area is 179 Å². The molecule has 0 aliphatic carbocycles. The number of carboxylic acids is 1. The van der Waals surface area contributed by atoms with Gasteiger partial charge in [-0.3, -0.25) is 4.79 Å². The first-order valence-electron chi connectivity index (χ1n) is 8.49. The third-order valence-corrected chi connectivity index (χ3v) is 5.30. The molecule has 9 heteroatoms. The number of rotatable bonds is 6. The van der Waals surface area contributed by atoms with E-state index in [1.165, 1.54) is 25.8 Å². The van der Waals surface area contributed by atoms with E-state index in [1.54, 1.807) is 24.3 Å². The molecule has 3 rings (SSSR count). The first-order valence-corrected chi connectivity index (χ1v) is 10.1. The van der Waals surface area contributed by atoms with Gasteiger partial charge in [-0.1, -0.05) is 28.1 Å². The highest BCUT2D eigenvalue weighted by Gasteiger charge is 2.25. The van der Waals surface area contributed by atoms with E-state index in [-0.39, 0.29) is 11.7 Å². The van der Waals surface area contributed by atoms with Crippen molar-refractivity contribution in [1.29, 1.82) is 0 Å². The van der Waals surface area contributed by atoms with Crippen LogP contribution in [0.2, 0.25) is 0 Å². The topological polar surface area (TPSA) is 97.2 Å². The Kier molecular flexibility index (Phi) is 6.60. The molecule has 1 aliphatic rings. The third-order valence-electron chi connectivity index (χ3n) is 3.87. The highest BCUT2D eigenvalue weighted by molar-refractivity contribution is 9.10. The second kappa shape index (κ2) is 9.15. The van der Waals surface area contributed by atoms with E-state index in [1.807, 2.05) is 24.3 Å². The van der Waals surface area contributed by atoms with Gasteiger partial charge < -0.3 is 19.9 Å². The summed E-state index contributed by atoms with van der Waals surface area (Å²) in [5.41, 5.74) is 1.23. The zero-order valence-electron chi connectivity index (χ0n) is 15.5. The van der Waals surface area contributed by atoms with Crippen molar-refractivity contribution in [2.45, 2.75) is 13.0 Å². The van der Waals surface area contributed by atoms with Crippen LogP contribution < -0.4 is 14.8 Å². The fourth-order valence-electron chi connectivity index (χ4n) is 2.42. The lowest BCUT2D eigenvalue weighted by Crippen LogP contribution is -2.23. The van der Waals surface area contributed by atoms with E-state index in [4.69, 9.17) is 14.6 Å². The lowest BCUT2D eigenvalue weighted by Gasteiger charge is -2.16.